The number of amides is 2. The topological polar surface area (TPSA) is 105 Å². The van der Waals surface area contributed by atoms with Crippen molar-refractivity contribution >= 4 is 21.5 Å². The number of ether oxygens (including phenoxy) is 1. The number of carbonyl (C=O) groups is 2. The minimum atomic E-state index is -2.58. The number of aromatic amines is 1. The summed E-state index contributed by atoms with van der Waals surface area (Å²) < 4.78 is 23.4. The molecule has 3 aliphatic rings. The molecule has 9 heteroatoms. The number of H-pyrrole nitrogens is 1. The quantitative estimate of drug-likeness (QED) is 0.771. The molecule has 3 heterocycles. The van der Waals surface area contributed by atoms with Crippen LogP contribution in [0, 0.1) is 0 Å². The van der Waals surface area contributed by atoms with Crippen LogP contribution >= 0.6 is 0 Å². The van der Waals surface area contributed by atoms with Crippen LogP contribution in [0.5, 0.6) is 0 Å². The first-order valence-corrected chi connectivity index (χ1v) is 11.4. The van der Waals surface area contributed by atoms with Crippen LogP contribution in [-0.2, 0) is 30.5 Å². The summed E-state index contributed by atoms with van der Waals surface area (Å²) >= 11 is 0. The Bertz CT molecular complexity index is 856. The van der Waals surface area contributed by atoms with E-state index < -0.39 is 15.3 Å². The molecule has 1 atom stereocenters. The SMILES string of the molecule is CC(=O)N1CCOC2(CCS(=O)(=NC(=O)C3CCCc4cn[nH]c43)CC2)C1. The van der Waals surface area contributed by atoms with E-state index in [2.05, 4.69) is 14.6 Å². The Labute approximate surface area is 159 Å². The predicted octanol–water partition coefficient (Wildman–Crippen LogP) is 1.24. The summed E-state index contributed by atoms with van der Waals surface area (Å²) in [4.78, 5) is 26.2. The van der Waals surface area contributed by atoms with Gasteiger partial charge in [-0.3, -0.25) is 14.7 Å². The molecule has 1 aliphatic carbocycles. The summed E-state index contributed by atoms with van der Waals surface area (Å²) in [6.45, 7) is 3.20. The molecule has 0 aromatic carbocycles. The molecule has 2 aliphatic heterocycles. The number of hydrogen-bond donors (Lipinski definition) is 1. The molecule has 2 fully saturated rings. The van der Waals surface area contributed by atoms with Gasteiger partial charge >= 0.3 is 0 Å². The molecule has 2 saturated heterocycles. The van der Waals surface area contributed by atoms with Gasteiger partial charge in [-0.15, -0.1) is 0 Å². The van der Waals surface area contributed by atoms with Crippen LogP contribution in [0.4, 0.5) is 0 Å². The van der Waals surface area contributed by atoms with E-state index in [1.165, 1.54) is 0 Å². The first kappa shape index (κ1) is 18.6. The van der Waals surface area contributed by atoms with Crippen LogP contribution < -0.4 is 0 Å². The lowest BCUT2D eigenvalue weighted by molar-refractivity contribution is -0.150. The minimum absolute atomic E-state index is 0.0384. The molecule has 1 N–H and O–H groups in total. The van der Waals surface area contributed by atoms with Crippen LogP contribution in [0.15, 0.2) is 10.6 Å². The summed E-state index contributed by atoms with van der Waals surface area (Å²) in [6.07, 6.45) is 5.43. The first-order chi connectivity index (χ1) is 12.9. The maximum absolute atomic E-state index is 13.2. The Balaban J connectivity index is 1.47. The van der Waals surface area contributed by atoms with Gasteiger partial charge in [-0.2, -0.15) is 9.46 Å². The van der Waals surface area contributed by atoms with Crippen LogP contribution in [0.3, 0.4) is 0 Å². The molecule has 4 rings (SSSR count). The van der Waals surface area contributed by atoms with Gasteiger partial charge in [0.2, 0.25) is 5.91 Å². The van der Waals surface area contributed by atoms with E-state index in [4.69, 9.17) is 4.74 Å². The second kappa shape index (κ2) is 7.01. The number of aryl methyl sites for hydroxylation is 1. The average molecular weight is 394 g/mol. The van der Waals surface area contributed by atoms with E-state index >= 15 is 0 Å². The van der Waals surface area contributed by atoms with Gasteiger partial charge in [0, 0.05) is 31.5 Å². The van der Waals surface area contributed by atoms with Crippen molar-refractivity contribution in [3.05, 3.63) is 17.5 Å². The van der Waals surface area contributed by atoms with E-state index in [0.717, 1.165) is 24.1 Å². The van der Waals surface area contributed by atoms with Crippen molar-refractivity contribution in [2.75, 3.05) is 31.2 Å². The molecule has 1 aromatic heterocycles. The molecular formula is C18H26N4O4S. The zero-order chi connectivity index (χ0) is 19.1. The number of morpholine rings is 1. The smallest absolute Gasteiger partial charge is 0.262 e. The van der Waals surface area contributed by atoms with Gasteiger partial charge in [-0.1, -0.05) is 0 Å². The zero-order valence-electron chi connectivity index (χ0n) is 15.6. The van der Waals surface area contributed by atoms with Crippen molar-refractivity contribution in [1.82, 2.24) is 15.1 Å². The zero-order valence-corrected chi connectivity index (χ0v) is 16.4. The Kier molecular flexibility index (Phi) is 4.84. The normalized spacial score (nSPS) is 33.5. The monoisotopic (exact) mass is 394 g/mol. The van der Waals surface area contributed by atoms with Crippen molar-refractivity contribution < 1.29 is 18.5 Å². The lowest BCUT2D eigenvalue weighted by Gasteiger charge is -2.45. The van der Waals surface area contributed by atoms with Gasteiger partial charge in [0.05, 0.1) is 39.7 Å². The van der Waals surface area contributed by atoms with Crippen LogP contribution in [-0.4, -0.2) is 67.9 Å². The van der Waals surface area contributed by atoms with Gasteiger partial charge < -0.3 is 9.64 Å². The lowest BCUT2D eigenvalue weighted by Crippen LogP contribution is -2.56. The highest BCUT2D eigenvalue weighted by molar-refractivity contribution is 7.93. The number of aromatic nitrogens is 2. The van der Waals surface area contributed by atoms with Crippen molar-refractivity contribution in [2.45, 2.75) is 50.5 Å². The number of carbonyl (C=O) groups excluding carboxylic acids is 2. The standard InChI is InChI=1S/C18H26N4O4S/c1-13(23)22-7-8-26-18(12-22)5-9-27(25,10-6-18)21-17(24)15-4-2-3-14-11-19-20-16(14)15/h11,15H,2-10,12H2,1H3,(H,19,20). The number of hydrogen-bond acceptors (Lipinski definition) is 5. The number of nitrogens with zero attached hydrogens (tertiary/aromatic N) is 3. The molecule has 27 heavy (non-hydrogen) atoms. The van der Waals surface area contributed by atoms with Gasteiger partial charge in [-0.25, -0.2) is 4.21 Å². The Morgan fingerprint density at radius 1 is 1.41 bits per heavy atom. The maximum atomic E-state index is 13.2. The minimum Gasteiger partial charge on any atom is -0.371 e. The second-order valence-electron chi connectivity index (χ2n) is 7.84. The fraction of sp³-hybridized carbons (Fsp3) is 0.722. The highest BCUT2D eigenvalue weighted by atomic mass is 32.2. The molecular weight excluding hydrogens is 368 g/mol. The van der Waals surface area contributed by atoms with Crippen LogP contribution in [0.2, 0.25) is 0 Å². The largest absolute Gasteiger partial charge is 0.371 e. The molecule has 2 amide bonds. The van der Waals surface area contributed by atoms with E-state index in [-0.39, 0.29) is 17.7 Å². The van der Waals surface area contributed by atoms with Gasteiger partial charge in [0.15, 0.2) is 0 Å². The van der Waals surface area contributed by atoms with Crippen molar-refractivity contribution in [3.8, 4) is 0 Å². The third kappa shape index (κ3) is 3.67. The highest BCUT2D eigenvalue weighted by Crippen LogP contribution is 2.34. The lowest BCUT2D eigenvalue weighted by atomic mass is 9.88. The molecule has 1 aromatic rings. The van der Waals surface area contributed by atoms with Crippen LogP contribution in [0.25, 0.3) is 0 Å². The van der Waals surface area contributed by atoms with Gasteiger partial charge in [0.25, 0.3) is 5.91 Å². The second-order valence-corrected chi connectivity index (χ2v) is 10.4. The Morgan fingerprint density at radius 2 is 2.19 bits per heavy atom. The number of nitrogens with one attached hydrogen (secondary N) is 1. The fourth-order valence-electron chi connectivity index (χ4n) is 4.36. The maximum Gasteiger partial charge on any atom is 0.262 e. The first-order valence-electron chi connectivity index (χ1n) is 9.58. The molecule has 1 spiro atoms. The third-order valence-corrected chi connectivity index (χ3v) is 8.24. The fourth-order valence-corrected chi connectivity index (χ4v) is 6.59. The predicted molar refractivity (Wildman–Crippen MR) is 99.7 cm³/mol. The summed E-state index contributed by atoms with van der Waals surface area (Å²) in [6, 6.07) is 0. The summed E-state index contributed by atoms with van der Waals surface area (Å²) in [5.41, 5.74) is 1.45. The third-order valence-electron chi connectivity index (χ3n) is 6.04. The molecule has 0 saturated carbocycles. The average Bonchev–Trinajstić information content (AvgIpc) is 3.13. The summed E-state index contributed by atoms with van der Waals surface area (Å²) in [5, 5.41) is 6.96. The van der Waals surface area contributed by atoms with Gasteiger partial charge in [0.1, 0.15) is 0 Å². The molecule has 0 bridgehead atoms. The van der Waals surface area contributed by atoms with E-state index in [9.17, 15) is 13.8 Å². The molecule has 0 radical (unpaired) electrons. The summed E-state index contributed by atoms with van der Waals surface area (Å²) in [5.74, 6) is 0.0669. The van der Waals surface area contributed by atoms with Gasteiger partial charge in [-0.05, 0) is 37.7 Å². The van der Waals surface area contributed by atoms with Crippen molar-refractivity contribution in [3.63, 3.8) is 0 Å². The van der Waals surface area contributed by atoms with Crippen molar-refractivity contribution in [1.29, 1.82) is 0 Å². The van der Waals surface area contributed by atoms with E-state index in [0.29, 0.717) is 50.5 Å². The van der Waals surface area contributed by atoms with Crippen LogP contribution in [0.1, 0.15) is 49.8 Å². The van der Waals surface area contributed by atoms with E-state index in [1.54, 1.807) is 18.0 Å². The Hall–Kier alpha value is -1.74. The summed E-state index contributed by atoms with van der Waals surface area (Å²) in [7, 11) is -2.58. The Morgan fingerprint density at radius 3 is 2.93 bits per heavy atom. The molecule has 8 nitrogen and oxygen atoms in total. The highest BCUT2D eigenvalue weighted by Gasteiger charge is 2.42. The van der Waals surface area contributed by atoms with Crippen molar-refractivity contribution in [2.24, 2.45) is 4.36 Å². The van der Waals surface area contributed by atoms with E-state index in [1.807, 2.05) is 0 Å². The number of fused-ring (bicyclic) bond motifs is 1. The molecule has 148 valence electrons. The molecule has 1 unspecified atom stereocenters. The number of rotatable bonds is 1.